The Morgan fingerprint density at radius 1 is 1.14 bits per heavy atom. The molecule has 1 aromatic carbocycles. The number of rotatable bonds is 7. The van der Waals surface area contributed by atoms with Crippen LogP contribution in [0.15, 0.2) is 35.5 Å². The van der Waals surface area contributed by atoms with Gasteiger partial charge in [0.2, 0.25) is 0 Å². The Morgan fingerprint density at radius 2 is 1.86 bits per heavy atom. The third-order valence-electron chi connectivity index (χ3n) is 4.90. The normalized spacial score (nSPS) is 19.2. The first-order chi connectivity index (χ1) is 13.5. The minimum absolute atomic E-state index is 0.0959. The number of carbonyl (C=O) groups excluding carboxylic acids is 3. The van der Waals surface area contributed by atoms with Crippen molar-refractivity contribution in [3.63, 3.8) is 0 Å². The fraction of sp³-hybridized carbons (Fsp3) is 0.450. The largest absolute Gasteiger partial charge is 0.497 e. The predicted octanol–water partition coefficient (Wildman–Crippen LogP) is 2.21. The van der Waals surface area contributed by atoms with Crippen LogP contribution < -0.4 is 15.4 Å². The van der Waals surface area contributed by atoms with Gasteiger partial charge in [-0.05, 0) is 37.5 Å². The van der Waals surface area contributed by atoms with Crippen LogP contribution in [0.5, 0.6) is 5.75 Å². The first-order valence-electron chi connectivity index (χ1n) is 9.31. The first kappa shape index (κ1) is 19.7. The first-order valence-corrected chi connectivity index (χ1v) is 9.31. The molecular weight excluding hydrogens is 364 g/mol. The van der Waals surface area contributed by atoms with Gasteiger partial charge in [0.1, 0.15) is 12.4 Å². The van der Waals surface area contributed by atoms with E-state index >= 15 is 0 Å². The lowest BCUT2D eigenvalue weighted by molar-refractivity contribution is -0.150. The molecule has 28 heavy (non-hydrogen) atoms. The molecule has 8 heteroatoms. The van der Waals surface area contributed by atoms with Crippen LogP contribution >= 0.6 is 0 Å². The number of esters is 2. The number of methoxy groups -OCH3 is 1. The molecule has 1 fully saturated rings. The minimum atomic E-state index is -0.726. The van der Waals surface area contributed by atoms with E-state index in [1.807, 2.05) is 0 Å². The van der Waals surface area contributed by atoms with Gasteiger partial charge in [-0.1, -0.05) is 18.6 Å². The van der Waals surface area contributed by atoms with Crippen LogP contribution in [-0.2, 0) is 19.1 Å². The van der Waals surface area contributed by atoms with Crippen molar-refractivity contribution < 1.29 is 28.6 Å². The van der Waals surface area contributed by atoms with Gasteiger partial charge >= 0.3 is 18.0 Å². The maximum absolute atomic E-state index is 12.6. The molecule has 1 atom stereocenters. The number of hydrogen-bond acceptors (Lipinski definition) is 6. The second-order valence-corrected chi connectivity index (χ2v) is 6.65. The molecule has 1 heterocycles. The minimum Gasteiger partial charge on any atom is -0.497 e. The molecule has 150 valence electrons. The third-order valence-corrected chi connectivity index (χ3v) is 4.90. The Morgan fingerprint density at radius 3 is 2.43 bits per heavy atom. The quantitative estimate of drug-likeness (QED) is 0.694. The van der Waals surface area contributed by atoms with Gasteiger partial charge in [-0.2, -0.15) is 0 Å². The van der Waals surface area contributed by atoms with Crippen molar-refractivity contribution in [1.82, 2.24) is 10.6 Å². The summed E-state index contributed by atoms with van der Waals surface area (Å²) in [6.45, 7) is 1.69. The van der Waals surface area contributed by atoms with Crippen molar-refractivity contribution in [3.8, 4) is 5.75 Å². The van der Waals surface area contributed by atoms with E-state index in [0.29, 0.717) is 11.3 Å². The maximum atomic E-state index is 12.6. The van der Waals surface area contributed by atoms with Gasteiger partial charge < -0.3 is 24.8 Å². The van der Waals surface area contributed by atoms with Crippen molar-refractivity contribution in [2.75, 3.05) is 20.3 Å². The highest BCUT2D eigenvalue weighted by molar-refractivity contribution is 5.95. The van der Waals surface area contributed by atoms with Gasteiger partial charge in [0.05, 0.1) is 36.9 Å². The predicted molar refractivity (Wildman–Crippen MR) is 99.4 cm³/mol. The highest BCUT2D eigenvalue weighted by atomic mass is 16.5. The maximum Gasteiger partial charge on any atom is 0.338 e. The van der Waals surface area contributed by atoms with Crippen LogP contribution in [0.4, 0.5) is 4.79 Å². The summed E-state index contributed by atoms with van der Waals surface area (Å²) in [5.74, 6) is -0.331. The summed E-state index contributed by atoms with van der Waals surface area (Å²) in [4.78, 5) is 36.9. The van der Waals surface area contributed by atoms with E-state index in [2.05, 4.69) is 10.6 Å². The van der Waals surface area contributed by atoms with Crippen molar-refractivity contribution >= 4 is 18.0 Å². The number of benzene rings is 1. The molecule has 1 aliphatic carbocycles. The molecule has 0 aromatic heterocycles. The van der Waals surface area contributed by atoms with Gasteiger partial charge in [-0.25, -0.2) is 9.59 Å². The Kier molecular flexibility index (Phi) is 6.18. The molecule has 1 saturated carbocycles. The van der Waals surface area contributed by atoms with Gasteiger partial charge in [-0.15, -0.1) is 0 Å². The molecule has 0 spiro atoms. The van der Waals surface area contributed by atoms with E-state index in [9.17, 15) is 14.4 Å². The summed E-state index contributed by atoms with van der Waals surface area (Å²) in [5.41, 5.74) is 1.13. The monoisotopic (exact) mass is 388 g/mol. The standard InChI is InChI=1S/C20H24N2O6/c1-3-27-19(24)16-15(11-28-18(23)13-5-4-6-13)21-20(25)22-17(16)12-7-9-14(26-2)10-8-12/h7-10,13,17H,3-6,11H2,1-2H3,(H2,21,22,25)/t17-/m0/s1. The second kappa shape index (κ2) is 8.77. The van der Waals surface area contributed by atoms with Crippen LogP contribution in [0, 0.1) is 5.92 Å². The lowest BCUT2D eigenvalue weighted by Gasteiger charge is -2.30. The Balaban J connectivity index is 1.89. The Bertz CT molecular complexity index is 782. The number of ether oxygens (including phenoxy) is 3. The Labute approximate surface area is 163 Å². The van der Waals surface area contributed by atoms with Gasteiger partial charge in [0, 0.05) is 0 Å². The van der Waals surface area contributed by atoms with Crippen LogP contribution in [0.2, 0.25) is 0 Å². The Hall–Kier alpha value is -3.03. The van der Waals surface area contributed by atoms with E-state index in [1.165, 1.54) is 0 Å². The molecular formula is C20H24N2O6. The average molecular weight is 388 g/mol. The molecule has 3 rings (SSSR count). The molecule has 0 bridgehead atoms. The van der Waals surface area contributed by atoms with Crippen molar-refractivity contribution in [2.24, 2.45) is 5.92 Å². The lowest BCUT2D eigenvalue weighted by atomic mass is 9.86. The van der Waals surface area contributed by atoms with Crippen molar-refractivity contribution in [3.05, 3.63) is 41.1 Å². The zero-order valence-electron chi connectivity index (χ0n) is 15.9. The summed E-state index contributed by atoms with van der Waals surface area (Å²) < 4.78 is 15.7. The number of hydrogen-bond donors (Lipinski definition) is 2. The van der Waals surface area contributed by atoms with Crippen molar-refractivity contribution in [1.29, 1.82) is 0 Å². The molecule has 2 N–H and O–H groups in total. The molecule has 8 nitrogen and oxygen atoms in total. The lowest BCUT2D eigenvalue weighted by Crippen LogP contribution is -2.47. The fourth-order valence-electron chi connectivity index (χ4n) is 3.13. The van der Waals surface area contributed by atoms with E-state index in [0.717, 1.165) is 19.3 Å². The SMILES string of the molecule is CCOC(=O)C1=C(COC(=O)C2CCC2)NC(=O)N[C@H]1c1ccc(OC)cc1. The van der Waals surface area contributed by atoms with E-state index in [-0.39, 0.29) is 36.4 Å². The van der Waals surface area contributed by atoms with Crippen LogP contribution in [0.3, 0.4) is 0 Å². The summed E-state index contributed by atoms with van der Waals surface area (Å²) in [5, 5.41) is 5.32. The number of nitrogens with one attached hydrogen (secondary N) is 2. The summed E-state index contributed by atoms with van der Waals surface area (Å²) >= 11 is 0. The molecule has 2 amide bonds. The zero-order chi connectivity index (χ0) is 20.1. The number of carbonyl (C=O) groups is 3. The van der Waals surface area contributed by atoms with E-state index < -0.39 is 18.0 Å². The van der Waals surface area contributed by atoms with Crippen molar-refractivity contribution in [2.45, 2.75) is 32.2 Å². The van der Waals surface area contributed by atoms with Gasteiger partial charge in [-0.3, -0.25) is 4.79 Å². The zero-order valence-corrected chi connectivity index (χ0v) is 15.9. The third kappa shape index (κ3) is 4.27. The van der Waals surface area contributed by atoms with E-state index in [4.69, 9.17) is 14.2 Å². The van der Waals surface area contributed by atoms with Gasteiger partial charge in [0.25, 0.3) is 0 Å². The molecule has 1 aliphatic heterocycles. The molecule has 1 aromatic rings. The highest BCUT2D eigenvalue weighted by Gasteiger charge is 2.35. The molecule has 0 saturated heterocycles. The summed E-state index contributed by atoms with van der Waals surface area (Å²) in [7, 11) is 1.56. The summed E-state index contributed by atoms with van der Waals surface area (Å²) in [6, 6.07) is 5.78. The topological polar surface area (TPSA) is 103 Å². The number of amides is 2. The smallest absolute Gasteiger partial charge is 0.338 e. The van der Waals surface area contributed by atoms with E-state index in [1.54, 1.807) is 38.3 Å². The highest BCUT2D eigenvalue weighted by Crippen LogP contribution is 2.30. The van der Waals surface area contributed by atoms with Crippen LogP contribution in [0.1, 0.15) is 37.8 Å². The van der Waals surface area contributed by atoms with Crippen LogP contribution in [-0.4, -0.2) is 38.3 Å². The van der Waals surface area contributed by atoms with Gasteiger partial charge in [0.15, 0.2) is 0 Å². The molecule has 2 aliphatic rings. The summed E-state index contributed by atoms with van der Waals surface area (Å²) in [6.07, 6.45) is 2.63. The molecule has 0 unspecified atom stereocenters. The number of urea groups is 1. The average Bonchev–Trinajstić information content (AvgIpc) is 2.64. The second-order valence-electron chi connectivity index (χ2n) is 6.65. The molecule has 0 radical (unpaired) electrons. The van der Waals surface area contributed by atoms with Crippen LogP contribution in [0.25, 0.3) is 0 Å². The fourth-order valence-corrected chi connectivity index (χ4v) is 3.13.